The lowest BCUT2D eigenvalue weighted by Crippen LogP contribution is -1.92. The zero-order chi connectivity index (χ0) is 10.1. The molecule has 1 aromatic heterocycles. The lowest BCUT2D eigenvalue weighted by Gasteiger charge is -2.01. The predicted octanol–water partition coefficient (Wildman–Crippen LogP) is 2.39. The minimum atomic E-state index is 0.455. The Kier molecular flexibility index (Phi) is 2.21. The molecule has 2 N–H and O–H groups in total. The van der Waals surface area contributed by atoms with Crippen molar-refractivity contribution in [3.05, 3.63) is 34.3 Å². The van der Waals surface area contributed by atoms with Crippen molar-refractivity contribution in [3.8, 4) is 0 Å². The Morgan fingerprint density at radius 3 is 2.86 bits per heavy atom. The number of benzene rings is 1. The van der Waals surface area contributed by atoms with Gasteiger partial charge < -0.3 is 5.73 Å². The molecule has 0 aliphatic rings. The highest BCUT2D eigenvalue weighted by atomic mass is 79.9. The Morgan fingerprint density at radius 2 is 2.14 bits per heavy atom. The first-order valence-corrected chi connectivity index (χ1v) is 4.81. The quantitative estimate of drug-likeness (QED) is 0.791. The second-order valence-electron chi connectivity index (χ2n) is 2.93. The van der Waals surface area contributed by atoms with Crippen LogP contribution in [0.5, 0.6) is 0 Å². The molecule has 3 nitrogen and oxygen atoms in total. The van der Waals surface area contributed by atoms with Gasteiger partial charge in [0.2, 0.25) is 0 Å². The molecule has 14 heavy (non-hydrogen) atoms. The summed E-state index contributed by atoms with van der Waals surface area (Å²) in [5, 5.41) is 0.899. The summed E-state index contributed by atoms with van der Waals surface area (Å²) < 4.78 is 0.744. The number of halogens is 1. The second kappa shape index (κ2) is 3.38. The van der Waals surface area contributed by atoms with Gasteiger partial charge in [0.15, 0.2) is 0 Å². The number of nitrogens with zero attached hydrogens (tertiary/aromatic N) is 1. The normalized spacial score (nSPS) is 10.4. The van der Waals surface area contributed by atoms with Crippen molar-refractivity contribution in [2.75, 3.05) is 5.73 Å². The SMILES string of the molecule is Nc1nc2ccc(C=O)cc2cc1Br. The molecule has 0 fully saturated rings. The van der Waals surface area contributed by atoms with Crippen LogP contribution in [-0.2, 0) is 0 Å². The molecule has 0 aliphatic heterocycles. The fourth-order valence-corrected chi connectivity index (χ4v) is 1.59. The van der Waals surface area contributed by atoms with Crippen LogP contribution < -0.4 is 5.73 Å². The number of rotatable bonds is 1. The van der Waals surface area contributed by atoms with E-state index in [0.29, 0.717) is 11.4 Å². The minimum absolute atomic E-state index is 0.455. The smallest absolute Gasteiger partial charge is 0.150 e. The molecule has 0 saturated heterocycles. The van der Waals surface area contributed by atoms with Gasteiger partial charge in [0.05, 0.1) is 9.99 Å². The third-order valence-electron chi connectivity index (χ3n) is 1.96. The van der Waals surface area contributed by atoms with Gasteiger partial charge in [-0.15, -0.1) is 0 Å². The van der Waals surface area contributed by atoms with E-state index in [-0.39, 0.29) is 0 Å². The van der Waals surface area contributed by atoms with Crippen molar-refractivity contribution in [3.63, 3.8) is 0 Å². The number of aldehydes is 1. The highest BCUT2D eigenvalue weighted by Crippen LogP contribution is 2.23. The summed E-state index contributed by atoms with van der Waals surface area (Å²) in [6.45, 7) is 0. The van der Waals surface area contributed by atoms with Crippen molar-refractivity contribution >= 4 is 38.9 Å². The number of hydrogen-bond donors (Lipinski definition) is 1. The summed E-state index contributed by atoms with van der Waals surface area (Å²) in [5.41, 5.74) is 7.05. The van der Waals surface area contributed by atoms with Crippen LogP contribution in [-0.4, -0.2) is 11.3 Å². The van der Waals surface area contributed by atoms with Crippen molar-refractivity contribution in [1.29, 1.82) is 0 Å². The first kappa shape index (κ1) is 9.15. The fourth-order valence-electron chi connectivity index (χ4n) is 1.26. The number of nitrogen functional groups attached to an aromatic ring is 1. The van der Waals surface area contributed by atoms with E-state index in [1.165, 1.54) is 0 Å². The Labute approximate surface area is 89.1 Å². The molecule has 0 spiro atoms. The minimum Gasteiger partial charge on any atom is -0.383 e. The largest absolute Gasteiger partial charge is 0.383 e. The monoisotopic (exact) mass is 250 g/mol. The summed E-state index contributed by atoms with van der Waals surface area (Å²) in [6, 6.07) is 7.13. The van der Waals surface area contributed by atoms with E-state index in [0.717, 1.165) is 21.7 Å². The van der Waals surface area contributed by atoms with E-state index >= 15 is 0 Å². The molecule has 0 amide bonds. The lowest BCUT2D eigenvalue weighted by atomic mass is 10.1. The van der Waals surface area contributed by atoms with Crippen LogP contribution in [0.1, 0.15) is 10.4 Å². The molecule has 0 bridgehead atoms. The molecule has 2 rings (SSSR count). The van der Waals surface area contributed by atoms with Gasteiger partial charge in [-0.05, 0) is 40.2 Å². The van der Waals surface area contributed by atoms with Gasteiger partial charge in [-0.1, -0.05) is 0 Å². The maximum atomic E-state index is 10.5. The van der Waals surface area contributed by atoms with E-state index in [2.05, 4.69) is 20.9 Å². The number of carbonyl (C=O) groups excluding carboxylic acids is 1. The first-order valence-electron chi connectivity index (χ1n) is 4.01. The van der Waals surface area contributed by atoms with Gasteiger partial charge in [-0.25, -0.2) is 4.98 Å². The van der Waals surface area contributed by atoms with Crippen molar-refractivity contribution in [1.82, 2.24) is 4.98 Å². The number of aromatic nitrogens is 1. The van der Waals surface area contributed by atoms with Crippen molar-refractivity contribution in [2.45, 2.75) is 0 Å². The summed E-state index contributed by atoms with van der Waals surface area (Å²) in [4.78, 5) is 14.7. The molecule has 4 heteroatoms. The van der Waals surface area contributed by atoms with Crippen LogP contribution in [0.3, 0.4) is 0 Å². The number of carbonyl (C=O) groups is 1. The number of pyridine rings is 1. The van der Waals surface area contributed by atoms with Gasteiger partial charge in [0.1, 0.15) is 12.1 Å². The molecule has 0 atom stereocenters. The third kappa shape index (κ3) is 1.48. The average molecular weight is 251 g/mol. The number of anilines is 1. The second-order valence-corrected chi connectivity index (χ2v) is 3.78. The number of nitrogens with two attached hydrogens (primary N) is 1. The molecule has 0 aliphatic carbocycles. The van der Waals surface area contributed by atoms with E-state index in [9.17, 15) is 4.79 Å². The molecular formula is C10H7BrN2O. The van der Waals surface area contributed by atoms with Crippen molar-refractivity contribution in [2.24, 2.45) is 0 Å². The van der Waals surface area contributed by atoms with Gasteiger partial charge in [0, 0.05) is 10.9 Å². The van der Waals surface area contributed by atoms with Crippen LogP contribution in [0.4, 0.5) is 5.82 Å². The molecule has 2 aromatic rings. The molecule has 1 heterocycles. The van der Waals surface area contributed by atoms with Gasteiger partial charge in [-0.3, -0.25) is 4.79 Å². The van der Waals surface area contributed by atoms with Crippen LogP contribution in [0.25, 0.3) is 10.9 Å². The zero-order valence-electron chi connectivity index (χ0n) is 7.20. The Balaban J connectivity index is 2.76. The topological polar surface area (TPSA) is 56.0 Å². The summed E-state index contributed by atoms with van der Waals surface area (Å²) in [5.74, 6) is 0.455. The molecule has 70 valence electrons. The number of fused-ring (bicyclic) bond motifs is 1. The Hall–Kier alpha value is -1.42. The first-order chi connectivity index (χ1) is 6.70. The van der Waals surface area contributed by atoms with Gasteiger partial charge in [-0.2, -0.15) is 0 Å². The van der Waals surface area contributed by atoms with E-state index in [4.69, 9.17) is 5.73 Å². The summed E-state index contributed by atoms with van der Waals surface area (Å²) in [7, 11) is 0. The van der Waals surface area contributed by atoms with Gasteiger partial charge in [0.25, 0.3) is 0 Å². The van der Waals surface area contributed by atoms with Gasteiger partial charge >= 0.3 is 0 Å². The lowest BCUT2D eigenvalue weighted by molar-refractivity contribution is 0.112. The van der Waals surface area contributed by atoms with Crippen LogP contribution in [0.15, 0.2) is 28.7 Å². The Bertz CT molecular complexity index is 511. The average Bonchev–Trinajstić information content (AvgIpc) is 2.19. The van der Waals surface area contributed by atoms with E-state index in [1.54, 1.807) is 18.2 Å². The standard InChI is InChI=1S/C10H7BrN2O/c11-8-4-7-3-6(5-14)1-2-9(7)13-10(8)12/h1-5H,(H2,12,13). The molecule has 0 radical (unpaired) electrons. The van der Waals surface area contributed by atoms with Crippen LogP contribution in [0.2, 0.25) is 0 Å². The summed E-state index contributed by atoms with van der Waals surface area (Å²) >= 11 is 3.29. The molecule has 1 aromatic carbocycles. The zero-order valence-corrected chi connectivity index (χ0v) is 8.78. The van der Waals surface area contributed by atoms with Crippen LogP contribution in [0, 0.1) is 0 Å². The molecule has 0 saturated carbocycles. The predicted molar refractivity (Wildman–Crippen MR) is 59.2 cm³/mol. The highest BCUT2D eigenvalue weighted by Gasteiger charge is 2.01. The fraction of sp³-hybridized carbons (Fsp3) is 0. The maximum absolute atomic E-state index is 10.5. The van der Waals surface area contributed by atoms with Crippen molar-refractivity contribution < 1.29 is 4.79 Å². The van der Waals surface area contributed by atoms with E-state index < -0.39 is 0 Å². The maximum Gasteiger partial charge on any atom is 0.150 e. The van der Waals surface area contributed by atoms with E-state index in [1.807, 2.05) is 6.07 Å². The highest BCUT2D eigenvalue weighted by molar-refractivity contribution is 9.10. The Morgan fingerprint density at radius 1 is 1.36 bits per heavy atom. The number of hydrogen-bond acceptors (Lipinski definition) is 3. The third-order valence-corrected chi connectivity index (χ3v) is 2.59. The van der Waals surface area contributed by atoms with Crippen LogP contribution >= 0.6 is 15.9 Å². The molecular weight excluding hydrogens is 244 g/mol. The summed E-state index contributed by atoms with van der Waals surface area (Å²) in [6.07, 6.45) is 0.809. The molecule has 0 unspecified atom stereocenters.